The van der Waals surface area contributed by atoms with Crippen molar-refractivity contribution in [3.63, 3.8) is 0 Å². The highest BCUT2D eigenvalue weighted by Crippen LogP contribution is 2.20. The lowest BCUT2D eigenvalue weighted by Gasteiger charge is -2.04. The van der Waals surface area contributed by atoms with E-state index in [1.807, 2.05) is 13.0 Å². The lowest BCUT2D eigenvalue weighted by atomic mass is 10.0. The quantitative estimate of drug-likeness (QED) is 0.744. The largest absolute Gasteiger partial charge is 0.477 e. The zero-order chi connectivity index (χ0) is 11.9. The summed E-state index contributed by atoms with van der Waals surface area (Å²) in [5, 5.41) is 9.56. The Morgan fingerprint density at radius 2 is 2.00 bits per heavy atom. The van der Waals surface area contributed by atoms with Crippen molar-refractivity contribution in [2.45, 2.75) is 13.8 Å². The van der Waals surface area contributed by atoms with Crippen LogP contribution in [0.1, 0.15) is 21.5 Å². The van der Waals surface area contributed by atoms with Crippen LogP contribution in [0.25, 0.3) is 11.0 Å². The Bertz CT molecular complexity index is 637. The second-order valence-electron chi connectivity index (χ2n) is 3.69. The third-order valence-electron chi connectivity index (χ3n) is 2.54. The Labute approximate surface area is 91.1 Å². The van der Waals surface area contributed by atoms with E-state index < -0.39 is 11.6 Å². The van der Waals surface area contributed by atoms with Crippen LogP contribution < -0.4 is 5.63 Å². The van der Waals surface area contributed by atoms with Gasteiger partial charge in [0.15, 0.2) is 0 Å². The first-order valence-electron chi connectivity index (χ1n) is 4.78. The van der Waals surface area contributed by atoms with Crippen molar-refractivity contribution < 1.29 is 14.3 Å². The fourth-order valence-electron chi connectivity index (χ4n) is 1.71. The summed E-state index contributed by atoms with van der Waals surface area (Å²) >= 11 is 0. The van der Waals surface area contributed by atoms with E-state index in [4.69, 9.17) is 9.52 Å². The molecule has 0 saturated heterocycles. The molecule has 0 saturated carbocycles. The standard InChI is InChI=1S/C12H10O4/c1-6-3-4-8-7(2)10(11(13)14)12(15)16-9(8)5-6/h3-5H,1-2H3,(H,13,14). The second kappa shape index (κ2) is 3.48. The fraction of sp³-hybridized carbons (Fsp3) is 0.167. The summed E-state index contributed by atoms with van der Waals surface area (Å²) in [4.78, 5) is 22.4. The number of hydrogen-bond donors (Lipinski definition) is 1. The molecule has 0 bridgehead atoms. The number of fused-ring (bicyclic) bond motifs is 1. The molecule has 4 heteroatoms. The topological polar surface area (TPSA) is 67.5 Å². The van der Waals surface area contributed by atoms with E-state index in [1.165, 1.54) is 0 Å². The number of aromatic carboxylic acids is 1. The SMILES string of the molecule is Cc1ccc2c(C)c(C(=O)O)c(=O)oc2c1. The van der Waals surface area contributed by atoms with Crippen LogP contribution in [0, 0.1) is 13.8 Å². The van der Waals surface area contributed by atoms with Gasteiger partial charge >= 0.3 is 11.6 Å². The van der Waals surface area contributed by atoms with Crippen molar-refractivity contribution in [2.24, 2.45) is 0 Å². The Morgan fingerprint density at radius 1 is 1.31 bits per heavy atom. The number of rotatable bonds is 1. The molecule has 82 valence electrons. The Morgan fingerprint density at radius 3 is 2.62 bits per heavy atom. The van der Waals surface area contributed by atoms with Gasteiger partial charge in [0.25, 0.3) is 0 Å². The van der Waals surface area contributed by atoms with Crippen LogP contribution in [0.3, 0.4) is 0 Å². The summed E-state index contributed by atoms with van der Waals surface area (Å²) < 4.78 is 4.98. The molecule has 1 aromatic heterocycles. The second-order valence-corrected chi connectivity index (χ2v) is 3.69. The van der Waals surface area contributed by atoms with Gasteiger partial charge in [-0.1, -0.05) is 12.1 Å². The summed E-state index contributed by atoms with van der Waals surface area (Å²) in [6, 6.07) is 5.33. The molecule has 16 heavy (non-hydrogen) atoms. The third-order valence-corrected chi connectivity index (χ3v) is 2.54. The van der Waals surface area contributed by atoms with Crippen LogP contribution >= 0.6 is 0 Å². The van der Waals surface area contributed by atoms with E-state index in [0.717, 1.165) is 5.56 Å². The predicted octanol–water partition coefficient (Wildman–Crippen LogP) is 2.11. The molecule has 2 rings (SSSR count). The number of aryl methyl sites for hydroxylation is 2. The van der Waals surface area contributed by atoms with Gasteiger partial charge in [-0.3, -0.25) is 0 Å². The molecular formula is C12H10O4. The van der Waals surface area contributed by atoms with Gasteiger partial charge in [-0.05, 0) is 31.0 Å². The highest BCUT2D eigenvalue weighted by molar-refractivity contribution is 5.94. The molecule has 0 radical (unpaired) electrons. The minimum absolute atomic E-state index is 0.295. The van der Waals surface area contributed by atoms with Crippen molar-refractivity contribution in [1.29, 1.82) is 0 Å². The highest BCUT2D eigenvalue weighted by atomic mass is 16.4. The maximum Gasteiger partial charge on any atom is 0.351 e. The summed E-state index contributed by atoms with van der Waals surface area (Å²) in [5.41, 5.74) is 0.726. The minimum Gasteiger partial charge on any atom is -0.477 e. The molecule has 0 spiro atoms. The van der Waals surface area contributed by atoms with E-state index in [-0.39, 0.29) is 5.56 Å². The lowest BCUT2D eigenvalue weighted by Crippen LogP contribution is -2.15. The van der Waals surface area contributed by atoms with E-state index >= 15 is 0 Å². The van der Waals surface area contributed by atoms with Crippen LogP contribution in [0.15, 0.2) is 27.4 Å². The van der Waals surface area contributed by atoms with Gasteiger partial charge in [0.2, 0.25) is 0 Å². The van der Waals surface area contributed by atoms with Crippen molar-refractivity contribution in [2.75, 3.05) is 0 Å². The summed E-state index contributed by atoms with van der Waals surface area (Å²) in [5.74, 6) is -1.26. The van der Waals surface area contributed by atoms with E-state index in [0.29, 0.717) is 16.5 Å². The predicted molar refractivity (Wildman–Crippen MR) is 58.9 cm³/mol. The normalized spacial score (nSPS) is 10.6. The molecular weight excluding hydrogens is 208 g/mol. The Kier molecular flexibility index (Phi) is 2.27. The Hall–Kier alpha value is -2.10. The van der Waals surface area contributed by atoms with Gasteiger partial charge in [-0.15, -0.1) is 0 Å². The molecule has 0 aliphatic heterocycles. The van der Waals surface area contributed by atoms with Crippen molar-refractivity contribution in [1.82, 2.24) is 0 Å². The first-order chi connectivity index (χ1) is 7.50. The summed E-state index contributed by atoms with van der Waals surface area (Å²) in [7, 11) is 0. The monoisotopic (exact) mass is 218 g/mol. The molecule has 1 heterocycles. The molecule has 0 fully saturated rings. The maximum atomic E-state index is 11.5. The fourth-order valence-corrected chi connectivity index (χ4v) is 1.71. The van der Waals surface area contributed by atoms with Crippen LogP contribution in [-0.2, 0) is 0 Å². The molecule has 0 amide bonds. The molecule has 1 aromatic carbocycles. The van der Waals surface area contributed by atoms with Gasteiger partial charge in [-0.2, -0.15) is 0 Å². The van der Waals surface area contributed by atoms with Crippen molar-refractivity contribution >= 4 is 16.9 Å². The van der Waals surface area contributed by atoms with Crippen molar-refractivity contribution in [3.8, 4) is 0 Å². The molecule has 1 N–H and O–H groups in total. The van der Waals surface area contributed by atoms with Crippen LogP contribution in [0.4, 0.5) is 0 Å². The van der Waals surface area contributed by atoms with E-state index in [2.05, 4.69) is 0 Å². The average molecular weight is 218 g/mol. The number of hydrogen-bond acceptors (Lipinski definition) is 3. The van der Waals surface area contributed by atoms with Gasteiger partial charge in [-0.25, -0.2) is 9.59 Å². The third kappa shape index (κ3) is 1.48. The van der Waals surface area contributed by atoms with E-state index in [1.54, 1.807) is 19.1 Å². The highest BCUT2D eigenvalue weighted by Gasteiger charge is 2.17. The smallest absolute Gasteiger partial charge is 0.351 e. The van der Waals surface area contributed by atoms with Gasteiger partial charge in [0, 0.05) is 5.39 Å². The van der Waals surface area contributed by atoms with Gasteiger partial charge in [0.05, 0.1) is 0 Å². The number of carbonyl (C=O) groups is 1. The van der Waals surface area contributed by atoms with Crippen LogP contribution in [0.2, 0.25) is 0 Å². The number of benzene rings is 1. The number of carboxylic acids is 1. The minimum atomic E-state index is -1.26. The lowest BCUT2D eigenvalue weighted by molar-refractivity contribution is 0.0692. The first kappa shape index (κ1) is 10.4. The van der Waals surface area contributed by atoms with Crippen LogP contribution in [0.5, 0.6) is 0 Å². The number of carboxylic acid groups (broad SMARTS) is 1. The van der Waals surface area contributed by atoms with Gasteiger partial charge in [0.1, 0.15) is 11.1 Å². The molecule has 4 nitrogen and oxygen atoms in total. The Balaban J connectivity index is 2.94. The molecule has 0 atom stereocenters. The molecule has 0 aliphatic carbocycles. The summed E-state index contributed by atoms with van der Waals surface area (Å²) in [6.07, 6.45) is 0. The van der Waals surface area contributed by atoms with Crippen molar-refractivity contribution in [3.05, 3.63) is 45.3 Å². The average Bonchev–Trinajstić information content (AvgIpc) is 2.15. The maximum absolute atomic E-state index is 11.5. The molecule has 2 aromatic rings. The zero-order valence-corrected chi connectivity index (χ0v) is 8.90. The molecule has 0 aliphatic rings. The van der Waals surface area contributed by atoms with E-state index in [9.17, 15) is 9.59 Å². The molecule has 0 unspecified atom stereocenters. The first-order valence-corrected chi connectivity index (χ1v) is 4.78. The summed E-state index contributed by atoms with van der Waals surface area (Å²) in [6.45, 7) is 3.48. The zero-order valence-electron chi connectivity index (χ0n) is 8.90. The van der Waals surface area contributed by atoms with Gasteiger partial charge < -0.3 is 9.52 Å². The van der Waals surface area contributed by atoms with Crippen LogP contribution in [-0.4, -0.2) is 11.1 Å².